The van der Waals surface area contributed by atoms with Gasteiger partial charge in [-0.3, -0.25) is 4.79 Å². The third kappa shape index (κ3) is 2.71. The first-order valence-corrected chi connectivity index (χ1v) is 7.47. The van der Waals surface area contributed by atoms with E-state index in [0.29, 0.717) is 5.92 Å². The van der Waals surface area contributed by atoms with Gasteiger partial charge < -0.3 is 9.47 Å². The van der Waals surface area contributed by atoms with Gasteiger partial charge in [0.05, 0.1) is 14.2 Å². The van der Waals surface area contributed by atoms with Gasteiger partial charge in [-0.05, 0) is 60.7 Å². The highest BCUT2D eigenvalue weighted by Crippen LogP contribution is 2.49. The topological polar surface area (TPSA) is 35.5 Å². The number of ether oxygens (including phenoxy) is 2. The highest BCUT2D eigenvalue weighted by molar-refractivity contribution is 6.00. The van der Waals surface area contributed by atoms with Crippen LogP contribution in [-0.4, -0.2) is 20.0 Å². The molecule has 1 aliphatic carbocycles. The molecule has 0 N–H and O–H groups in total. The number of hydrogen-bond acceptors (Lipinski definition) is 3. The minimum absolute atomic E-state index is 0.0983. The molecule has 2 aromatic rings. The zero-order valence-corrected chi connectivity index (χ0v) is 13.1. The third-order valence-electron chi connectivity index (χ3n) is 4.35. The molecule has 2 aromatic carbocycles. The highest BCUT2D eigenvalue weighted by Gasteiger charge is 2.44. The molecule has 2 unspecified atom stereocenters. The van der Waals surface area contributed by atoms with Gasteiger partial charge in [0, 0.05) is 11.5 Å². The Morgan fingerprint density at radius 3 is 2.36 bits per heavy atom. The number of rotatable bonds is 5. The van der Waals surface area contributed by atoms with Crippen LogP contribution < -0.4 is 9.47 Å². The minimum atomic E-state index is 0.0983. The van der Waals surface area contributed by atoms with Crippen LogP contribution in [0.2, 0.25) is 0 Å². The lowest BCUT2D eigenvalue weighted by molar-refractivity contribution is 0.0965. The van der Waals surface area contributed by atoms with E-state index in [9.17, 15) is 4.79 Å². The molecule has 0 saturated heterocycles. The molecule has 3 heteroatoms. The maximum absolute atomic E-state index is 12.6. The van der Waals surface area contributed by atoms with E-state index in [4.69, 9.17) is 9.47 Å². The number of carbonyl (C=O) groups is 1. The minimum Gasteiger partial charge on any atom is -0.497 e. The van der Waals surface area contributed by atoms with Crippen LogP contribution in [0.4, 0.5) is 0 Å². The summed E-state index contributed by atoms with van der Waals surface area (Å²) < 4.78 is 10.4. The van der Waals surface area contributed by atoms with Crippen molar-refractivity contribution >= 4 is 5.78 Å². The Kier molecular flexibility index (Phi) is 3.88. The largest absolute Gasteiger partial charge is 0.497 e. The molecule has 0 aliphatic heterocycles. The van der Waals surface area contributed by atoms with Crippen LogP contribution >= 0.6 is 0 Å². The molecule has 0 amide bonds. The Bertz CT molecular complexity index is 688. The van der Waals surface area contributed by atoms with Gasteiger partial charge in [-0.1, -0.05) is 12.1 Å². The Labute approximate surface area is 130 Å². The molecule has 1 aliphatic rings. The van der Waals surface area contributed by atoms with Gasteiger partial charge >= 0.3 is 0 Å². The van der Waals surface area contributed by atoms with Gasteiger partial charge in [0.2, 0.25) is 0 Å². The van der Waals surface area contributed by atoms with Crippen molar-refractivity contribution in [2.24, 2.45) is 5.92 Å². The van der Waals surface area contributed by atoms with Gasteiger partial charge in [-0.15, -0.1) is 0 Å². The summed E-state index contributed by atoms with van der Waals surface area (Å²) in [6.45, 7) is 1.96. The molecule has 3 rings (SSSR count). The fraction of sp³-hybridized carbons (Fsp3) is 0.316. The van der Waals surface area contributed by atoms with Crippen molar-refractivity contribution in [2.75, 3.05) is 14.2 Å². The Hall–Kier alpha value is -2.29. The molecular formula is C19H20O3. The Morgan fingerprint density at radius 2 is 1.77 bits per heavy atom. The monoisotopic (exact) mass is 296 g/mol. The van der Waals surface area contributed by atoms with Gasteiger partial charge in [0.25, 0.3) is 0 Å². The lowest BCUT2D eigenvalue weighted by atomic mass is 10.0. The van der Waals surface area contributed by atoms with Crippen LogP contribution in [0, 0.1) is 12.8 Å². The van der Waals surface area contributed by atoms with Crippen LogP contribution in [0.3, 0.4) is 0 Å². The maximum atomic E-state index is 12.6. The fourth-order valence-electron chi connectivity index (χ4n) is 2.95. The second kappa shape index (κ2) is 5.84. The van der Waals surface area contributed by atoms with E-state index in [1.165, 1.54) is 5.56 Å². The van der Waals surface area contributed by atoms with E-state index >= 15 is 0 Å². The van der Waals surface area contributed by atoms with Gasteiger partial charge in [-0.2, -0.15) is 0 Å². The first-order valence-electron chi connectivity index (χ1n) is 7.47. The SMILES string of the molecule is COc1ccc(C2CC2C(=O)c2ccc(OC)c(C)c2)cc1. The summed E-state index contributed by atoms with van der Waals surface area (Å²) in [6.07, 6.45) is 0.927. The normalized spacial score (nSPS) is 19.6. The number of benzene rings is 2. The van der Waals surface area contributed by atoms with Crippen LogP contribution in [0.15, 0.2) is 42.5 Å². The van der Waals surface area contributed by atoms with Crippen molar-refractivity contribution in [2.45, 2.75) is 19.3 Å². The van der Waals surface area contributed by atoms with Crippen molar-refractivity contribution in [1.82, 2.24) is 0 Å². The molecule has 22 heavy (non-hydrogen) atoms. The third-order valence-corrected chi connectivity index (χ3v) is 4.35. The van der Waals surface area contributed by atoms with E-state index in [2.05, 4.69) is 12.1 Å². The van der Waals surface area contributed by atoms with Crippen molar-refractivity contribution in [3.63, 3.8) is 0 Å². The molecule has 1 saturated carbocycles. The summed E-state index contributed by atoms with van der Waals surface area (Å²) in [5.41, 5.74) is 2.98. The Morgan fingerprint density at radius 1 is 1.05 bits per heavy atom. The number of ketones is 1. The summed E-state index contributed by atoms with van der Waals surface area (Å²) in [4.78, 5) is 12.6. The standard InChI is InChI=1S/C19H20O3/c1-12-10-14(6-9-18(12)22-3)19(20)17-11-16(17)13-4-7-15(21-2)8-5-13/h4-10,16-17H,11H2,1-3H3. The number of carbonyl (C=O) groups excluding carboxylic acids is 1. The van der Waals surface area contributed by atoms with Crippen molar-refractivity contribution in [3.05, 3.63) is 59.2 Å². The summed E-state index contributed by atoms with van der Waals surface area (Å²) in [7, 11) is 3.30. The predicted molar refractivity (Wildman–Crippen MR) is 85.9 cm³/mol. The highest BCUT2D eigenvalue weighted by atomic mass is 16.5. The van der Waals surface area contributed by atoms with E-state index < -0.39 is 0 Å². The molecule has 0 aromatic heterocycles. The van der Waals surface area contributed by atoms with Crippen LogP contribution in [0.5, 0.6) is 11.5 Å². The molecule has 0 radical (unpaired) electrons. The van der Waals surface area contributed by atoms with Crippen LogP contribution in [0.1, 0.15) is 33.8 Å². The molecule has 1 fully saturated rings. The van der Waals surface area contributed by atoms with E-state index in [0.717, 1.165) is 29.0 Å². The zero-order valence-electron chi connectivity index (χ0n) is 13.1. The molecule has 0 bridgehead atoms. The summed E-state index contributed by atoms with van der Waals surface area (Å²) in [6, 6.07) is 13.7. The number of aryl methyl sites for hydroxylation is 1. The van der Waals surface area contributed by atoms with Crippen LogP contribution in [0.25, 0.3) is 0 Å². The molecule has 114 valence electrons. The van der Waals surface area contributed by atoms with E-state index in [1.807, 2.05) is 37.3 Å². The fourth-order valence-corrected chi connectivity index (χ4v) is 2.95. The summed E-state index contributed by atoms with van der Waals surface area (Å²) in [5, 5.41) is 0. The van der Waals surface area contributed by atoms with E-state index in [-0.39, 0.29) is 11.7 Å². The molecular weight excluding hydrogens is 276 g/mol. The Balaban J connectivity index is 1.73. The second-order valence-corrected chi connectivity index (χ2v) is 5.77. The van der Waals surface area contributed by atoms with E-state index in [1.54, 1.807) is 14.2 Å². The van der Waals surface area contributed by atoms with Crippen molar-refractivity contribution < 1.29 is 14.3 Å². The average Bonchev–Trinajstić information content (AvgIpc) is 3.34. The van der Waals surface area contributed by atoms with Gasteiger partial charge in [-0.25, -0.2) is 0 Å². The zero-order chi connectivity index (χ0) is 15.7. The van der Waals surface area contributed by atoms with Gasteiger partial charge in [0.15, 0.2) is 5.78 Å². The molecule has 2 atom stereocenters. The smallest absolute Gasteiger partial charge is 0.166 e. The predicted octanol–water partition coefficient (Wildman–Crippen LogP) is 4.00. The molecule has 0 heterocycles. The van der Waals surface area contributed by atoms with Crippen molar-refractivity contribution in [1.29, 1.82) is 0 Å². The summed E-state index contributed by atoms with van der Waals surface area (Å²) >= 11 is 0. The quantitative estimate of drug-likeness (QED) is 0.782. The molecule has 3 nitrogen and oxygen atoms in total. The second-order valence-electron chi connectivity index (χ2n) is 5.77. The number of methoxy groups -OCH3 is 2. The average molecular weight is 296 g/mol. The first-order chi connectivity index (χ1) is 10.6. The number of Topliss-reactive ketones (excluding diaryl/α,β-unsaturated/α-hetero) is 1. The summed E-state index contributed by atoms with van der Waals surface area (Å²) in [5.74, 6) is 2.32. The first kappa shape index (κ1) is 14.6. The lowest BCUT2D eigenvalue weighted by Gasteiger charge is -2.07. The number of hydrogen-bond donors (Lipinski definition) is 0. The lowest BCUT2D eigenvalue weighted by Crippen LogP contribution is -2.04. The molecule has 0 spiro atoms. The van der Waals surface area contributed by atoms with Gasteiger partial charge in [0.1, 0.15) is 11.5 Å². The van der Waals surface area contributed by atoms with Crippen molar-refractivity contribution in [3.8, 4) is 11.5 Å². The maximum Gasteiger partial charge on any atom is 0.166 e. The van der Waals surface area contributed by atoms with Crippen LogP contribution in [-0.2, 0) is 0 Å².